The quantitative estimate of drug-likeness (QED) is 0.858. The number of hydrogen-bond acceptors (Lipinski definition) is 4. The average molecular weight is 237 g/mol. The number of rotatable bonds is 3. The molecule has 1 atom stereocenters. The monoisotopic (exact) mass is 237 g/mol. The van der Waals surface area contributed by atoms with Crippen molar-refractivity contribution in [1.82, 2.24) is 4.90 Å². The van der Waals surface area contributed by atoms with Crippen LogP contribution >= 0.6 is 0 Å². The molecule has 2 rings (SSSR count). The Kier molecular flexibility index (Phi) is 2.71. The summed E-state index contributed by atoms with van der Waals surface area (Å²) in [6.07, 6.45) is 0. The maximum absolute atomic E-state index is 11.4. The highest BCUT2D eigenvalue weighted by atomic mass is 16.7. The molecule has 92 valence electrons. The molecule has 0 saturated heterocycles. The molecule has 5 heteroatoms. The van der Waals surface area contributed by atoms with Crippen molar-refractivity contribution in [2.24, 2.45) is 0 Å². The van der Waals surface area contributed by atoms with E-state index >= 15 is 0 Å². The van der Waals surface area contributed by atoms with Crippen LogP contribution in [0, 0.1) is 0 Å². The first-order chi connectivity index (χ1) is 7.96. The molecule has 17 heavy (non-hydrogen) atoms. The highest BCUT2D eigenvalue weighted by molar-refractivity contribution is 5.80. The van der Waals surface area contributed by atoms with Gasteiger partial charge in [-0.05, 0) is 38.7 Å². The molecule has 0 amide bonds. The van der Waals surface area contributed by atoms with Gasteiger partial charge in [0, 0.05) is 0 Å². The fourth-order valence-electron chi connectivity index (χ4n) is 1.77. The Labute approximate surface area is 99.6 Å². The van der Waals surface area contributed by atoms with Gasteiger partial charge in [-0.15, -0.1) is 0 Å². The van der Waals surface area contributed by atoms with Crippen molar-refractivity contribution >= 4 is 5.97 Å². The second-order valence-corrected chi connectivity index (χ2v) is 4.34. The summed E-state index contributed by atoms with van der Waals surface area (Å²) >= 11 is 0. The highest BCUT2D eigenvalue weighted by Crippen LogP contribution is 2.37. The molecule has 1 aromatic carbocycles. The second-order valence-electron chi connectivity index (χ2n) is 4.34. The molecule has 1 unspecified atom stereocenters. The van der Waals surface area contributed by atoms with Crippen LogP contribution in [0.2, 0.25) is 0 Å². The molecule has 0 fully saturated rings. The standard InChI is InChI=1S/C12H15NO4/c1-12(11(14)15,13(2)3)8-4-5-9-10(6-8)17-7-16-9/h4-6H,7H2,1-3H3,(H,14,15). The summed E-state index contributed by atoms with van der Waals surface area (Å²) in [5.41, 5.74) is -0.416. The first-order valence-electron chi connectivity index (χ1n) is 5.27. The van der Waals surface area contributed by atoms with Crippen molar-refractivity contribution in [3.63, 3.8) is 0 Å². The molecule has 1 aliphatic heterocycles. The van der Waals surface area contributed by atoms with Gasteiger partial charge in [0.25, 0.3) is 0 Å². The van der Waals surface area contributed by atoms with Crippen molar-refractivity contribution in [2.45, 2.75) is 12.5 Å². The summed E-state index contributed by atoms with van der Waals surface area (Å²) in [5.74, 6) is 0.346. The molecule has 0 radical (unpaired) electrons. The summed E-state index contributed by atoms with van der Waals surface area (Å²) in [6.45, 7) is 1.84. The van der Waals surface area contributed by atoms with E-state index in [0.29, 0.717) is 17.1 Å². The van der Waals surface area contributed by atoms with Crippen molar-refractivity contribution < 1.29 is 19.4 Å². The zero-order valence-corrected chi connectivity index (χ0v) is 10.1. The molecule has 0 bridgehead atoms. The van der Waals surface area contributed by atoms with Gasteiger partial charge in [0.1, 0.15) is 5.54 Å². The molecule has 1 aromatic rings. The molecule has 1 aliphatic rings. The lowest BCUT2D eigenvalue weighted by atomic mass is 9.90. The van der Waals surface area contributed by atoms with Crippen LogP contribution in [0.4, 0.5) is 0 Å². The maximum atomic E-state index is 11.4. The predicted molar refractivity (Wildman–Crippen MR) is 61.2 cm³/mol. The van der Waals surface area contributed by atoms with Crippen molar-refractivity contribution in [3.05, 3.63) is 23.8 Å². The lowest BCUT2D eigenvalue weighted by molar-refractivity contribution is -0.149. The number of carbonyl (C=O) groups is 1. The number of fused-ring (bicyclic) bond motifs is 1. The van der Waals surface area contributed by atoms with Gasteiger partial charge in [-0.25, -0.2) is 4.79 Å². The molecule has 0 spiro atoms. The molecular formula is C12H15NO4. The van der Waals surface area contributed by atoms with Gasteiger partial charge in [-0.3, -0.25) is 4.90 Å². The first-order valence-corrected chi connectivity index (χ1v) is 5.27. The number of hydrogen-bond donors (Lipinski definition) is 1. The molecule has 0 saturated carbocycles. The van der Waals surface area contributed by atoms with E-state index < -0.39 is 11.5 Å². The predicted octanol–water partition coefficient (Wildman–Crippen LogP) is 1.28. The van der Waals surface area contributed by atoms with Crippen LogP contribution in [0.15, 0.2) is 18.2 Å². The van der Waals surface area contributed by atoms with E-state index in [-0.39, 0.29) is 6.79 Å². The van der Waals surface area contributed by atoms with Gasteiger partial charge >= 0.3 is 5.97 Å². The van der Waals surface area contributed by atoms with Crippen molar-refractivity contribution in [1.29, 1.82) is 0 Å². The smallest absolute Gasteiger partial charge is 0.328 e. The van der Waals surface area contributed by atoms with Crippen LogP contribution in [-0.2, 0) is 10.3 Å². The van der Waals surface area contributed by atoms with Crippen LogP contribution in [0.5, 0.6) is 11.5 Å². The lowest BCUT2D eigenvalue weighted by Gasteiger charge is -2.32. The van der Waals surface area contributed by atoms with Gasteiger partial charge < -0.3 is 14.6 Å². The Morgan fingerprint density at radius 2 is 2.00 bits per heavy atom. The Morgan fingerprint density at radius 3 is 2.59 bits per heavy atom. The number of likely N-dealkylation sites (N-methyl/N-ethyl adjacent to an activating group) is 1. The van der Waals surface area contributed by atoms with E-state index in [2.05, 4.69) is 0 Å². The van der Waals surface area contributed by atoms with Gasteiger partial charge in [-0.1, -0.05) is 6.07 Å². The Bertz CT molecular complexity index is 458. The van der Waals surface area contributed by atoms with E-state index in [1.165, 1.54) is 0 Å². The number of aliphatic carboxylic acids is 1. The van der Waals surface area contributed by atoms with Gasteiger partial charge in [-0.2, -0.15) is 0 Å². The zero-order chi connectivity index (χ0) is 12.6. The minimum Gasteiger partial charge on any atom is -0.480 e. The molecular weight excluding hydrogens is 222 g/mol. The van der Waals surface area contributed by atoms with Crippen LogP contribution in [-0.4, -0.2) is 36.9 Å². The molecule has 0 aliphatic carbocycles. The maximum Gasteiger partial charge on any atom is 0.328 e. The SMILES string of the molecule is CN(C)C(C)(C(=O)O)c1ccc2c(c1)OCO2. The topological polar surface area (TPSA) is 59.0 Å². The summed E-state index contributed by atoms with van der Waals surface area (Å²) in [5, 5.41) is 9.39. The third-order valence-electron chi connectivity index (χ3n) is 3.25. The van der Waals surface area contributed by atoms with E-state index in [0.717, 1.165) is 0 Å². The summed E-state index contributed by atoms with van der Waals surface area (Å²) < 4.78 is 10.5. The minimum atomic E-state index is -1.08. The Hall–Kier alpha value is -1.75. The van der Waals surface area contributed by atoms with Gasteiger partial charge in [0.2, 0.25) is 6.79 Å². The molecule has 0 aromatic heterocycles. The highest BCUT2D eigenvalue weighted by Gasteiger charge is 2.38. The van der Waals surface area contributed by atoms with E-state index in [1.807, 2.05) is 0 Å². The third-order valence-corrected chi connectivity index (χ3v) is 3.25. The minimum absolute atomic E-state index is 0.185. The molecule has 1 N–H and O–H groups in total. The largest absolute Gasteiger partial charge is 0.480 e. The van der Waals surface area contributed by atoms with E-state index in [4.69, 9.17) is 9.47 Å². The van der Waals surface area contributed by atoms with Crippen LogP contribution < -0.4 is 9.47 Å². The van der Waals surface area contributed by atoms with Crippen LogP contribution in [0.1, 0.15) is 12.5 Å². The van der Waals surface area contributed by atoms with Crippen molar-refractivity contribution in [3.8, 4) is 11.5 Å². The average Bonchev–Trinajstić information content (AvgIpc) is 2.73. The Balaban J connectivity index is 2.48. The van der Waals surface area contributed by atoms with Crippen molar-refractivity contribution in [2.75, 3.05) is 20.9 Å². The number of ether oxygens (including phenoxy) is 2. The number of carboxylic acids is 1. The van der Waals surface area contributed by atoms with Gasteiger partial charge in [0.15, 0.2) is 11.5 Å². The molecule has 1 heterocycles. The van der Waals surface area contributed by atoms with Gasteiger partial charge in [0.05, 0.1) is 0 Å². The zero-order valence-electron chi connectivity index (χ0n) is 10.1. The van der Waals surface area contributed by atoms with Crippen LogP contribution in [0.25, 0.3) is 0 Å². The fourth-order valence-corrected chi connectivity index (χ4v) is 1.77. The number of nitrogens with zero attached hydrogens (tertiary/aromatic N) is 1. The normalized spacial score (nSPS) is 16.9. The number of carboxylic acid groups (broad SMARTS) is 1. The van der Waals surface area contributed by atoms with Crippen LogP contribution in [0.3, 0.4) is 0 Å². The Morgan fingerprint density at radius 1 is 1.35 bits per heavy atom. The summed E-state index contributed by atoms with van der Waals surface area (Å²) in [7, 11) is 3.47. The van der Waals surface area contributed by atoms with E-state index in [1.54, 1.807) is 44.1 Å². The third kappa shape index (κ3) is 1.72. The van der Waals surface area contributed by atoms with E-state index in [9.17, 15) is 9.90 Å². The molecule has 5 nitrogen and oxygen atoms in total. The lowest BCUT2D eigenvalue weighted by Crippen LogP contribution is -2.45. The summed E-state index contributed by atoms with van der Waals surface area (Å²) in [4.78, 5) is 13.1. The summed E-state index contributed by atoms with van der Waals surface area (Å²) in [6, 6.07) is 5.21. The second kappa shape index (κ2) is 3.92. The number of benzene rings is 1. The fraction of sp³-hybridized carbons (Fsp3) is 0.417. The first kappa shape index (κ1) is 11.7.